The molecule has 1 aliphatic rings. The van der Waals surface area contributed by atoms with Crippen LogP contribution in [0.5, 0.6) is 0 Å². The third-order valence-corrected chi connectivity index (χ3v) is 7.57. The van der Waals surface area contributed by atoms with Crippen LogP contribution in [-0.4, -0.2) is 49.7 Å². The Bertz CT molecular complexity index is 679. The maximum Gasteiger partial charge on any atom is 0.225 e. The number of rotatable bonds is 9. The van der Waals surface area contributed by atoms with Crippen molar-refractivity contribution in [2.24, 2.45) is 11.8 Å². The number of hydrogen-bond acceptors (Lipinski definition) is 3. The van der Waals surface area contributed by atoms with E-state index in [0.717, 1.165) is 31.5 Å². The van der Waals surface area contributed by atoms with Crippen molar-refractivity contribution in [2.45, 2.75) is 52.2 Å². The molecule has 1 aromatic carbocycles. The molecule has 0 unspecified atom stereocenters. The van der Waals surface area contributed by atoms with Gasteiger partial charge in [0.05, 0.1) is 5.75 Å². The highest BCUT2D eigenvalue weighted by Gasteiger charge is 2.33. The minimum absolute atomic E-state index is 0.0300. The van der Waals surface area contributed by atoms with E-state index in [0.29, 0.717) is 31.8 Å². The number of carbonyl (C=O) groups is 1. The van der Waals surface area contributed by atoms with E-state index in [4.69, 9.17) is 0 Å². The summed E-state index contributed by atoms with van der Waals surface area (Å²) in [6.45, 7) is 8.78. The first-order valence-electron chi connectivity index (χ1n) is 10.2. The predicted octanol–water partition coefficient (Wildman–Crippen LogP) is 3.51. The molecule has 1 aliphatic heterocycles. The van der Waals surface area contributed by atoms with Gasteiger partial charge in [-0.25, -0.2) is 12.7 Å². The highest BCUT2D eigenvalue weighted by Crippen LogP contribution is 2.24. The summed E-state index contributed by atoms with van der Waals surface area (Å²) in [6, 6.07) is 9.27. The zero-order valence-electron chi connectivity index (χ0n) is 16.9. The van der Waals surface area contributed by atoms with Gasteiger partial charge in [-0.2, -0.15) is 0 Å². The summed E-state index contributed by atoms with van der Waals surface area (Å²) in [5, 5.41) is 0. The van der Waals surface area contributed by atoms with E-state index in [1.165, 1.54) is 0 Å². The Morgan fingerprint density at radius 3 is 2.22 bits per heavy atom. The summed E-state index contributed by atoms with van der Waals surface area (Å²) in [5.41, 5.74) is 0.804. The van der Waals surface area contributed by atoms with Crippen molar-refractivity contribution < 1.29 is 13.2 Å². The summed E-state index contributed by atoms with van der Waals surface area (Å²) in [7, 11) is -3.33. The Morgan fingerprint density at radius 2 is 1.70 bits per heavy atom. The van der Waals surface area contributed by atoms with Crippen LogP contribution >= 0.6 is 0 Å². The second-order valence-electron chi connectivity index (χ2n) is 7.47. The first-order valence-corrected chi connectivity index (χ1v) is 11.8. The Hall–Kier alpha value is -1.40. The molecule has 0 atom stereocenters. The van der Waals surface area contributed by atoms with Crippen LogP contribution in [0.2, 0.25) is 0 Å². The topological polar surface area (TPSA) is 57.7 Å². The SMILES string of the molecule is CCC(CC)CN(CC)C(=O)C1CCN(S(=O)(=O)Cc2ccccc2)CC1. The van der Waals surface area contributed by atoms with E-state index in [2.05, 4.69) is 13.8 Å². The van der Waals surface area contributed by atoms with Crippen molar-refractivity contribution in [3.05, 3.63) is 35.9 Å². The number of piperidine rings is 1. The molecule has 0 radical (unpaired) electrons. The lowest BCUT2D eigenvalue weighted by Crippen LogP contribution is -2.45. The molecule has 1 amide bonds. The summed E-state index contributed by atoms with van der Waals surface area (Å²) < 4.78 is 26.9. The third kappa shape index (κ3) is 6.04. The van der Waals surface area contributed by atoms with E-state index in [9.17, 15) is 13.2 Å². The lowest BCUT2D eigenvalue weighted by Gasteiger charge is -2.34. The maximum atomic E-state index is 12.9. The molecular formula is C21H34N2O3S. The van der Waals surface area contributed by atoms with Crippen LogP contribution in [0.25, 0.3) is 0 Å². The lowest BCUT2D eigenvalue weighted by molar-refractivity contribution is -0.137. The number of hydrogen-bond donors (Lipinski definition) is 0. The van der Waals surface area contributed by atoms with Gasteiger partial charge in [0.25, 0.3) is 0 Å². The van der Waals surface area contributed by atoms with Gasteiger partial charge in [0.15, 0.2) is 0 Å². The van der Waals surface area contributed by atoms with Crippen LogP contribution in [0.4, 0.5) is 0 Å². The van der Waals surface area contributed by atoms with Crippen molar-refractivity contribution in [3.8, 4) is 0 Å². The zero-order chi connectivity index (χ0) is 19.9. The quantitative estimate of drug-likeness (QED) is 0.644. The molecular weight excluding hydrogens is 360 g/mol. The van der Waals surface area contributed by atoms with Gasteiger partial charge >= 0.3 is 0 Å². The van der Waals surface area contributed by atoms with Crippen LogP contribution < -0.4 is 0 Å². The highest BCUT2D eigenvalue weighted by atomic mass is 32.2. The molecule has 6 heteroatoms. The molecule has 2 rings (SSSR count). The van der Waals surface area contributed by atoms with Gasteiger partial charge in [0, 0.05) is 32.1 Å². The second-order valence-corrected chi connectivity index (χ2v) is 9.44. The monoisotopic (exact) mass is 394 g/mol. The summed E-state index contributed by atoms with van der Waals surface area (Å²) in [5.74, 6) is 0.717. The minimum Gasteiger partial charge on any atom is -0.342 e. The molecule has 0 aromatic heterocycles. The molecule has 0 N–H and O–H groups in total. The van der Waals surface area contributed by atoms with Crippen molar-refractivity contribution in [3.63, 3.8) is 0 Å². The minimum atomic E-state index is -3.33. The Morgan fingerprint density at radius 1 is 1.11 bits per heavy atom. The summed E-state index contributed by atoms with van der Waals surface area (Å²) in [6.07, 6.45) is 3.39. The smallest absolute Gasteiger partial charge is 0.225 e. The van der Waals surface area contributed by atoms with Crippen molar-refractivity contribution in [1.82, 2.24) is 9.21 Å². The zero-order valence-corrected chi connectivity index (χ0v) is 17.7. The van der Waals surface area contributed by atoms with Gasteiger partial charge in [0.2, 0.25) is 15.9 Å². The third-order valence-electron chi connectivity index (χ3n) is 5.72. The maximum absolute atomic E-state index is 12.9. The Labute approximate surface area is 164 Å². The average Bonchev–Trinajstić information content (AvgIpc) is 2.69. The number of sulfonamides is 1. The fourth-order valence-electron chi connectivity index (χ4n) is 3.75. The predicted molar refractivity (Wildman–Crippen MR) is 110 cm³/mol. The average molecular weight is 395 g/mol. The fourth-order valence-corrected chi connectivity index (χ4v) is 5.31. The normalized spacial score (nSPS) is 16.6. The largest absolute Gasteiger partial charge is 0.342 e. The molecule has 0 saturated carbocycles. The van der Waals surface area contributed by atoms with Crippen molar-refractivity contribution in [1.29, 1.82) is 0 Å². The van der Waals surface area contributed by atoms with Gasteiger partial charge in [-0.05, 0) is 31.2 Å². The number of benzene rings is 1. The molecule has 152 valence electrons. The molecule has 1 heterocycles. The molecule has 0 spiro atoms. The lowest BCUT2D eigenvalue weighted by atomic mass is 9.95. The van der Waals surface area contributed by atoms with Gasteiger partial charge in [0.1, 0.15) is 0 Å². The van der Waals surface area contributed by atoms with Crippen LogP contribution in [0.15, 0.2) is 30.3 Å². The Kier molecular flexibility index (Phi) is 8.29. The number of nitrogens with zero attached hydrogens (tertiary/aromatic N) is 2. The van der Waals surface area contributed by atoms with Crippen molar-refractivity contribution in [2.75, 3.05) is 26.2 Å². The van der Waals surface area contributed by atoms with Gasteiger partial charge in [-0.3, -0.25) is 4.79 Å². The number of amides is 1. The summed E-state index contributed by atoms with van der Waals surface area (Å²) >= 11 is 0. The molecule has 5 nitrogen and oxygen atoms in total. The Balaban J connectivity index is 1.92. The first kappa shape index (κ1) is 21.9. The van der Waals surface area contributed by atoms with E-state index in [-0.39, 0.29) is 17.6 Å². The molecule has 1 fully saturated rings. The highest BCUT2D eigenvalue weighted by molar-refractivity contribution is 7.88. The van der Waals surface area contributed by atoms with Gasteiger partial charge in [-0.1, -0.05) is 57.0 Å². The molecule has 0 bridgehead atoms. The van der Waals surface area contributed by atoms with E-state index in [1.807, 2.05) is 42.2 Å². The molecule has 0 aliphatic carbocycles. The van der Waals surface area contributed by atoms with Crippen molar-refractivity contribution >= 4 is 15.9 Å². The van der Waals surface area contributed by atoms with Crippen LogP contribution in [-0.2, 0) is 20.6 Å². The van der Waals surface area contributed by atoms with Crippen LogP contribution in [0, 0.1) is 11.8 Å². The fraction of sp³-hybridized carbons (Fsp3) is 0.667. The summed E-state index contributed by atoms with van der Waals surface area (Å²) in [4.78, 5) is 14.9. The first-order chi connectivity index (χ1) is 12.9. The van der Waals surface area contributed by atoms with E-state index in [1.54, 1.807) is 4.31 Å². The van der Waals surface area contributed by atoms with Crippen LogP contribution in [0.3, 0.4) is 0 Å². The second kappa shape index (κ2) is 10.2. The van der Waals surface area contributed by atoms with Gasteiger partial charge < -0.3 is 4.90 Å². The van der Waals surface area contributed by atoms with E-state index >= 15 is 0 Å². The molecule has 1 aromatic rings. The molecule has 1 saturated heterocycles. The molecule has 27 heavy (non-hydrogen) atoms. The van der Waals surface area contributed by atoms with E-state index < -0.39 is 10.0 Å². The van der Waals surface area contributed by atoms with Gasteiger partial charge in [-0.15, -0.1) is 0 Å². The van der Waals surface area contributed by atoms with Crippen LogP contribution in [0.1, 0.15) is 52.0 Å². The number of carbonyl (C=O) groups excluding carboxylic acids is 1. The standard InChI is InChI=1S/C21H34N2O3S/c1-4-18(5-2)16-22(6-3)21(24)20-12-14-23(15-13-20)27(25,26)17-19-10-8-7-9-11-19/h7-11,18,20H,4-6,12-17H2,1-3H3.